The smallest absolute Gasteiger partial charge is 0.191 e. The first-order valence-electron chi connectivity index (χ1n) is 8.97. The van der Waals surface area contributed by atoms with Gasteiger partial charge in [-0.15, -0.1) is 11.3 Å². The number of rotatable bonds is 6. The molecule has 6 nitrogen and oxygen atoms in total. The van der Waals surface area contributed by atoms with Crippen molar-refractivity contribution in [2.45, 2.75) is 25.9 Å². The van der Waals surface area contributed by atoms with Crippen molar-refractivity contribution < 1.29 is 13.2 Å². The average molecular weight is 408 g/mol. The number of ether oxygens (including phenoxy) is 1. The molecule has 1 fully saturated rings. The molecule has 2 aromatic rings. The molecule has 0 spiro atoms. The highest BCUT2D eigenvalue weighted by atomic mass is 32.2. The maximum Gasteiger partial charge on any atom is 0.191 e. The van der Waals surface area contributed by atoms with Gasteiger partial charge in [-0.3, -0.25) is 0 Å². The van der Waals surface area contributed by atoms with E-state index >= 15 is 0 Å². The minimum Gasteiger partial charge on any atom is -0.497 e. The Morgan fingerprint density at radius 1 is 1.26 bits per heavy atom. The number of nitrogens with one attached hydrogen (secondary N) is 2. The van der Waals surface area contributed by atoms with Crippen molar-refractivity contribution in [3.05, 3.63) is 41.3 Å². The molecule has 2 N–H and O–H groups in total. The number of benzene rings is 1. The summed E-state index contributed by atoms with van der Waals surface area (Å²) in [5.74, 6) is 1.94. The molecule has 146 valence electrons. The minimum atomic E-state index is -2.91. The summed E-state index contributed by atoms with van der Waals surface area (Å²) in [5.41, 5.74) is 1.15. The minimum absolute atomic E-state index is 0.0639. The molecule has 1 unspecified atom stereocenters. The van der Waals surface area contributed by atoms with Crippen molar-refractivity contribution in [1.82, 2.24) is 10.6 Å². The van der Waals surface area contributed by atoms with E-state index in [4.69, 9.17) is 4.74 Å². The molecular formula is C19H25N3O3S2. The van der Waals surface area contributed by atoms with E-state index in [9.17, 15) is 8.42 Å². The van der Waals surface area contributed by atoms with Gasteiger partial charge in [-0.05, 0) is 55.3 Å². The van der Waals surface area contributed by atoms with Crippen LogP contribution in [0.4, 0.5) is 0 Å². The summed E-state index contributed by atoms with van der Waals surface area (Å²) in [6.07, 6.45) is 0.632. The molecule has 8 heteroatoms. The van der Waals surface area contributed by atoms with E-state index in [0.29, 0.717) is 18.9 Å². The van der Waals surface area contributed by atoms with Crippen LogP contribution < -0.4 is 15.4 Å². The fourth-order valence-corrected chi connectivity index (χ4v) is 5.56. The average Bonchev–Trinajstić information content (AvgIpc) is 3.26. The summed E-state index contributed by atoms with van der Waals surface area (Å²) in [6, 6.07) is 12.1. The summed E-state index contributed by atoms with van der Waals surface area (Å²) >= 11 is 1.70. The molecule has 0 saturated carbocycles. The number of methoxy groups -OCH3 is 1. The highest BCUT2D eigenvalue weighted by molar-refractivity contribution is 7.91. The zero-order valence-corrected chi connectivity index (χ0v) is 17.2. The molecule has 1 atom stereocenters. The van der Waals surface area contributed by atoms with Crippen LogP contribution >= 0.6 is 11.3 Å². The molecule has 0 bridgehead atoms. The zero-order valence-electron chi connectivity index (χ0n) is 15.6. The Hall–Kier alpha value is -2.06. The SMILES string of the molecule is CCNC(=NCc1ccc(-c2ccc(OC)cc2)s1)NC1CCS(=O)(=O)C1. The lowest BCUT2D eigenvalue weighted by atomic mass is 10.2. The van der Waals surface area contributed by atoms with Gasteiger partial charge in [0.25, 0.3) is 0 Å². The van der Waals surface area contributed by atoms with E-state index in [0.717, 1.165) is 22.7 Å². The van der Waals surface area contributed by atoms with Crippen LogP contribution in [0.5, 0.6) is 5.75 Å². The summed E-state index contributed by atoms with van der Waals surface area (Å²) in [5, 5.41) is 6.44. The summed E-state index contributed by atoms with van der Waals surface area (Å²) < 4.78 is 28.5. The van der Waals surface area contributed by atoms with Crippen LogP contribution in [0.15, 0.2) is 41.4 Å². The van der Waals surface area contributed by atoms with Crippen LogP contribution in [0.1, 0.15) is 18.2 Å². The zero-order chi connectivity index (χ0) is 19.3. The van der Waals surface area contributed by atoms with E-state index in [1.54, 1.807) is 18.4 Å². The Kier molecular flexibility index (Phi) is 6.38. The number of hydrogen-bond acceptors (Lipinski definition) is 5. The predicted octanol–water partition coefficient (Wildman–Crippen LogP) is 2.67. The lowest BCUT2D eigenvalue weighted by Crippen LogP contribution is -2.44. The van der Waals surface area contributed by atoms with Gasteiger partial charge in [0.05, 0.1) is 25.2 Å². The van der Waals surface area contributed by atoms with Gasteiger partial charge in [-0.25, -0.2) is 13.4 Å². The molecule has 0 radical (unpaired) electrons. The van der Waals surface area contributed by atoms with Gasteiger partial charge in [0.2, 0.25) is 0 Å². The third-order valence-corrected chi connectivity index (χ3v) is 7.23. The highest BCUT2D eigenvalue weighted by Crippen LogP contribution is 2.29. The van der Waals surface area contributed by atoms with Crippen LogP contribution in [0, 0.1) is 0 Å². The Labute approximate surface area is 164 Å². The van der Waals surface area contributed by atoms with Crippen molar-refractivity contribution in [1.29, 1.82) is 0 Å². The second-order valence-electron chi connectivity index (χ2n) is 6.43. The number of aliphatic imine (C=N–C) groups is 1. The van der Waals surface area contributed by atoms with E-state index in [2.05, 4.69) is 27.8 Å². The Morgan fingerprint density at radius 3 is 2.67 bits per heavy atom. The first-order chi connectivity index (χ1) is 13.0. The van der Waals surface area contributed by atoms with Crippen LogP contribution in [0.2, 0.25) is 0 Å². The summed E-state index contributed by atoms with van der Waals surface area (Å²) in [4.78, 5) is 6.95. The molecule has 2 heterocycles. The summed E-state index contributed by atoms with van der Waals surface area (Å²) in [6.45, 7) is 3.28. The van der Waals surface area contributed by atoms with Crippen LogP contribution in [-0.2, 0) is 16.4 Å². The number of sulfone groups is 1. The standard InChI is InChI=1S/C19H25N3O3S2/c1-3-20-19(22-15-10-11-27(23,24)13-15)21-12-17-8-9-18(26-17)14-4-6-16(25-2)7-5-14/h4-9,15H,3,10-13H2,1-2H3,(H2,20,21,22). The van der Waals surface area contributed by atoms with Gasteiger partial charge < -0.3 is 15.4 Å². The molecule has 3 rings (SSSR count). The maximum atomic E-state index is 11.6. The Bertz CT molecular complexity index is 889. The van der Waals surface area contributed by atoms with Gasteiger partial charge in [0.15, 0.2) is 15.8 Å². The van der Waals surface area contributed by atoms with Crippen molar-refractivity contribution in [3.63, 3.8) is 0 Å². The second kappa shape index (κ2) is 8.75. The lowest BCUT2D eigenvalue weighted by molar-refractivity contribution is 0.415. The topological polar surface area (TPSA) is 79.8 Å². The third kappa shape index (κ3) is 5.46. The number of hydrogen-bond donors (Lipinski definition) is 2. The molecule has 27 heavy (non-hydrogen) atoms. The Balaban J connectivity index is 1.64. The first-order valence-corrected chi connectivity index (χ1v) is 11.6. The van der Waals surface area contributed by atoms with Gasteiger partial charge in [-0.1, -0.05) is 0 Å². The molecule has 1 aliphatic heterocycles. The Morgan fingerprint density at radius 2 is 2.04 bits per heavy atom. The molecule has 0 aliphatic carbocycles. The van der Waals surface area contributed by atoms with Crippen LogP contribution in [0.3, 0.4) is 0 Å². The monoisotopic (exact) mass is 407 g/mol. The fraction of sp³-hybridized carbons (Fsp3) is 0.421. The normalized spacial score (nSPS) is 19.0. The molecular weight excluding hydrogens is 382 g/mol. The fourth-order valence-electron chi connectivity index (χ4n) is 2.95. The molecule has 1 saturated heterocycles. The molecule has 1 aromatic carbocycles. The van der Waals surface area contributed by atoms with E-state index in [-0.39, 0.29) is 17.5 Å². The number of thiophene rings is 1. The van der Waals surface area contributed by atoms with Crippen LogP contribution in [-0.4, -0.2) is 45.6 Å². The van der Waals surface area contributed by atoms with E-state index in [1.807, 2.05) is 31.2 Å². The third-order valence-electron chi connectivity index (χ3n) is 4.35. The van der Waals surface area contributed by atoms with E-state index < -0.39 is 9.84 Å². The molecule has 1 aliphatic rings. The van der Waals surface area contributed by atoms with Crippen molar-refractivity contribution in [2.75, 3.05) is 25.2 Å². The van der Waals surface area contributed by atoms with Gasteiger partial charge >= 0.3 is 0 Å². The summed E-state index contributed by atoms with van der Waals surface area (Å²) in [7, 11) is -1.25. The van der Waals surface area contributed by atoms with Crippen LogP contribution in [0.25, 0.3) is 10.4 Å². The second-order valence-corrected chi connectivity index (χ2v) is 9.83. The van der Waals surface area contributed by atoms with Crippen molar-refractivity contribution >= 4 is 27.1 Å². The van der Waals surface area contributed by atoms with Gasteiger partial charge in [0, 0.05) is 22.3 Å². The molecule has 1 aromatic heterocycles. The van der Waals surface area contributed by atoms with Gasteiger partial charge in [-0.2, -0.15) is 0 Å². The van der Waals surface area contributed by atoms with Crippen molar-refractivity contribution in [3.8, 4) is 16.2 Å². The number of guanidine groups is 1. The predicted molar refractivity (Wildman–Crippen MR) is 111 cm³/mol. The number of nitrogens with zero attached hydrogens (tertiary/aromatic N) is 1. The maximum absolute atomic E-state index is 11.6. The van der Waals surface area contributed by atoms with Crippen molar-refractivity contribution in [2.24, 2.45) is 4.99 Å². The largest absolute Gasteiger partial charge is 0.497 e. The van der Waals surface area contributed by atoms with Gasteiger partial charge in [0.1, 0.15) is 5.75 Å². The molecule has 0 amide bonds. The quantitative estimate of drug-likeness (QED) is 0.568. The highest BCUT2D eigenvalue weighted by Gasteiger charge is 2.28. The lowest BCUT2D eigenvalue weighted by Gasteiger charge is -2.15. The first kappa shape index (κ1) is 19.7. The van der Waals surface area contributed by atoms with E-state index in [1.165, 1.54) is 4.88 Å².